The van der Waals surface area contributed by atoms with Gasteiger partial charge >= 0.3 is 12.2 Å². The second-order valence-electron chi connectivity index (χ2n) is 5.71. The Morgan fingerprint density at radius 1 is 1.15 bits per heavy atom. The third-order valence-corrected chi connectivity index (χ3v) is 3.37. The number of amides is 2. The number of hydrogen-bond donors (Lipinski definition) is 1. The predicted molar refractivity (Wildman–Crippen MR) is 102 cm³/mol. The number of anilines is 2. The van der Waals surface area contributed by atoms with Crippen molar-refractivity contribution in [2.24, 2.45) is 0 Å². The van der Waals surface area contributed by atoms with E-state index in [1.165, 1.54) is 6.08 Å². The van der Waals surface area contributed by atoms with Crippen LogP contribution in [0.4, 0.5) is 21.0 Å². The number of nitrogens with one attached hydrogen (secondary N) is 1. The predicted octanol–water partition coefficient (Wildman–Crippen LogP) is 4.83. The maximum atomic E-state index is 12.6. The van der Waals surface area contributed by atoms with E-state index in [0.717, 1.165) is 5.69 Å². The summed E-state index contributed by atoms with van der Waals surface area (Å²) in [6.07, 6.45) is 0.362. The number of hydrogen-bond acceptors (Lipinski definition) is 4. The molecule has 0 aliphatic carbocycles. The number of nitrogens with zero attached hydrogens (tertiary/aromatic N) is 1. The van der Waals surface area contributed by atoms with Crippen molar-refractivity contribution in [1.82, 2.24) is 0 Å². The molecular formula is C20H22N2O4. The minimum Gasteiger partial charge on any atom is -0.445 e. The SMILES string of the molecule is C=CCOC(=O)Nc1cccc(OC(=O)N(c2ccccc2)C(C)C)c1. The smallest absolute Gasteiger partial charge is 0.419 e. The first kappa shape index (κ1) is 19.1. The van der Waals surface area contributed by atoms with E-state index in [0.29, 0.717) is 11.4 Å². The number of para-hydroxylation sites is 1. The van der Waals surface area contributed by atoms with Gasteiger partial charge in [-0.15, -0.1) is 0 Å². The normalized spacial score (nSPS) is 10.1. The molecule has 0 radical (unpaired) electrons. The zero-order chi connectivity index (χ0) is 18.9. The van der Waals surface area contributed by atoms with E-state index >= 15 is 0 Å². The molecule has 0 unspecified atom stereocenters. The van der Waals surface area contributed by atoms with E-state index in [1.807, 2.05) is 44.2 Å². The maximum Gasteiger partial charge on any atom is 0.419 e. The quantitative estimate of drug-likeness (QED) is 0.754. The van der Waals surface area contributed by atoms with Crippen LogP contribution in [0.1, 0.15) is 13.8 Å². The standard InChI is InChI=1S/C20H22N2O4/c1-4-13-25-19(23)21-16-9-8-12-18(14-16)26-20(24)22(15(2)3)17-10-6-5-7-11-17/h4-12,14-15H,1,13H2,2-3H3,(H,21,23). The van der Waals surface area contributed by atoms with Crippen molar-refractivity contribution in [3.05, 3.63) is 67.3 Å². The summed E-state index contributed by atoms with van der Waals surface area (Å²) in [6, 6.07) is 15.7. The van der Waals surface area contributed by atoms with Gasteiger partial charge in [0.25, 0.3) is 0 Å². The molecular weight excluding hydrogens is 332 g/mol. The van der Waals surface area contributed by atoms with Crippen LogP contribution in [0.15, 0.2) is 67.3 Å². The van der Waals surface area contributed by atoms with Crippen LogP contribution >= 0.6 is 0 Å². The molecule has 2 amide bonds. The van der Waals surface area contributed by atoms with Crippen molar-refractivity contribution in [1.29, 1.82) is 0 Å². The van der Waals surface area contributed by atoms with Crippen molar-refractivity contribution in [2.75, 3.05) is 16.8 Å². The van der Waals surface area contributed by atoms with E-state index < -0.39 is 12.2 Å². The first-order chi connectivity index (χ1) is 12.5. The van der Waals surface area contributed by atoms with Crippen LogP contribution < -0.4 is 15.0 Å². The van der Waals surface area contributed by atoms with E-state index in [-0.39, 0.29) is 12.6 Å². The van der Waals surface area contributed by atoms with E-state index in [1.54, 1.807) is 29.2 Å². The zero-order valence-electron chi connectivity index (χ0n) is 14.8. The molecule has 0 aromatic heterocycles. The summed E-state index contributed by atoms with van der Waals surface area (Å²) in [4.78, 5) is 25.8. The zero-order valence-corrected chi connectivity index (χ0v) is 14.8. The molecule has 0 fully saturated rings. The lowest BCUT2D eigenvalue weighted by molar-refractivity contribution is 0.174. The molecule has 0 atom stereocenters. The summed E-state index contributed by atoms with van der Waals surface area (Å²) in [5.41, 5.74) is 1.20. The van der Waals surface area contributed by atoms with Crippen LogP contribution in [0.25, 0.3) is 0 Å². The minimum absolute atomic E-state index is 0.0833. The third kappa shape index (κ3) is 5.37. The first-order valence-corrected chi connectivity index (χ1v) is 8.22. The number of benzene rings is 2. The topological polar surface area (TPSA) is 67.9 Å². The fourth-order valence-corrected chi connectivity index (χ4v) is 2.28. The summed E-state index contributed by atoms with van der Waals surface area (Å²) >= 11 is 0. The van der Waals surface area contributed by atoms with Crippen LogP contribution in [-0.4, -0.2) is 24.8 Å². The summed E-state index contributed by atoms with van der Waals surface area (Å²) < 4.78 is 10.3. The van der Waals surface area contributed by atoms with Gasteiger partial charge in [-0.25, -0.2) is 9.59 Å². The first-order valence-electron chi connectivity index (χ1n) is 8.22. The second-order valence-corrected chi connectivity index (χ2v) is 5.71. The molecule has 26 heavy (non-hydrogen) atoms. The van der Waals surface area contributed by atoms with Crippen molar-refractivity contribution in [3.63, 3.8) is 0 Å². The van der Waals surface area contributed by atoms with Gasteiger partial charge in [-0.3, -0.25) is 10.2 Å². The van der Waals surface area contributed by atoms with Gasteiger partial charge in [0.05, 0.1) is 0 Å². The fraction of sp³-hybridized carbons (Fsp3) is 0.200. The molecule has 6 heteroatoms. The second kappa shape index (κ2) is 9.27. The van der Waals surface area contributed by atoms with E-state index in [4.69, 9.17) is 9.47 Å². The Morgan fingerprint density at radius 2 is 1.88 bits per heavy atom. The van der Waals surface area contributed by atoms with Gasteiger partial charge in [0.2, 0.25) is 0 Å². The number of ether oxygens (including phenoxy) is 2. The molecule has 0 bridgehead atoms. The minimum atomic E-state index is -0.610. The number of carbonyl (C=O) groups excluding carboxylic acids is 2. The fourth-order valence-electron chi connectivity index (χ4n) is 2.28. The highest BCUT2D eigenvalue weighted by atomic mass is 16.6. The van der Waals surface area contributed by atoms with Crippen molar-refractivity contribution in [2.45, 2.75) is 19.9 Å². The Morgan fingerprint density at radius 3 is 2.54 bits per heavy atom. The number of carbonyl (C=O) groups is 2. The van der Waals surface area contributed by atoms with Gasteiger partial charge < -0.3 is 9.47 Å². The summed E-state index contributed by atoms with van der Waals surface area (Å²) in [6.45, 7) is 7.40. The largest absolute Gasteiger partial charge is 0.445 e. The van der Waals surface area contributed by atoms with Crippen LogP contribution in [0.3, 0.4) is 0 Å². The lowest BCUT2D eigenvalue weighted by Gasteiger charge is -2.25. The summed E-state index contributed by atoms with van der Waals surface area (Å²) in [7, 11) is 0. The average molecular weight is 354 g/mol. The third-order valence-electron chi connectivity index (χ3n) is 3.37. The monoisotopic (exact) mass is 354 g/mol. The highest BCUT2D eigenvalue weighted by molar-refractivity contribution is 5.90. The van der Waals surface area contributed by atoms with E-state index in [2.05, 4.69) is 11.9 Å². The van der Waals surface area contributed by atoms with Gasteiger partial charge in [0.1, 0.15) is 12.4 Å². The highest BCUT2D eigenvalue weighted by Gasteiger charge is 2.21. The summed E-state index contributed by atoms with van der Waals surface area (Å²) in [5, 5.41) is 2.56. The maximum absolute atomic E-state index is 12.6. The number of rotatable bonds is 6. The molecule has 2 aromatic rings. The van der Waals surface area contributed by atoms with Crippen molar-refractivity contribution < 1.29 is 19.1 Å². The van der Waals surface area contributed by atoms with Gasteiger partial charge in [-0.1, -0.05) is 36.9 Å². The van der Waals surface area contributed by atoms with Gasteiger partial charge in [0, 0.05) is 23.5 Å². The Hall–Kier alpha value is -3.28. The lowest BCUT2D eigenvalue weighted by atomic mass is 10.2. The van der Waals surface area contributed by atoms with Gasteiger partial charge in [-0.2, -0.15) is 0 Å². The van der Waals surface area contributed by atoms with Crippen molar-refractivity contribution >= 4 is 23.6 Å². The molecule has 0 aliphatic rings. The van der Waals surface area contributed by atoms with Gasteiger partial charge in [0.15, 0.2) is 0 Å². The van der Waals surface area contributed by atoms with Gasteiger partial charge in [-0.05, 0) is 38.1 Å². The lowest BCUT2D eigenvalue weighted by Crippen LogP contribution is -2.39. The van der Waals surface area contributed by atoms with Crippen LogP contribution in [0.2, 0.25) is 0 Å². The molecule has 0 saturated carbocycles. The molecule has 6 nitrogen and oxygen atoms in total. The van der Waals surface area contributed by atoms with Crippen LogP contribution in [0, 0.1) is 0 Å². The molecule has 2 aromatic carbocycles. The van der Waals surface area contributed by atoms with Crippen LogP contribution in [-0.2, 0) is 4.74 Å². The molecule has 0 heterocycles. The molecule has 0 saturated heterocycles. The Kier molecular flexibility index (Phi) is 6.79. The van der Waals surface area contributed by atoms with Crippen molar-refractivity contribution in [3.8, 4) is 5.75 Å². The average Bonchev–Trinajstić information content (AvgIpc) is 2.61. The Balaban J connectivity index is 2.09. The molecule has 136 valence electrons. The van der Waals surface area contributed by atoms with Crippen LogP contribution in [0.5, 0.6) is 5.75 Å². The Labute approximate surface area is 153 Å². The highest BCUT2D eigenvalue weighted by Crippen LogP contribution is 2.22. The summed E-state index contributed by atoms with van der Waals surface area (Å²) in [5.74, 6) is 0.318. The molecule has 0 spiro atoms. The molecule has 0 aliphatic heterocycles. The molecule has 2 rings (SSSR count). The Bertz CT molecular complexity index is 759. The molecule has 1 N–H and O–H groups in total. The van der Waals surface area contributed by atoms with E-state index in [9.17, 15) is 9.59 Å².